The van der Waals surface area contributed by atoms with Crippen LogP contribution in [0.4, 0.5) is 13.2 Å². The van der Waals surface area contributed by atoms with E-state index in [0.717, 1.165) is 43.4 Å². The van der Waals surface area contributed by atoms with Crippen LogP contribution in [0.1, 0.15) is 84.0 Å². The highest BCUT2D eigenvalue weighted by Crippen LogP contribution is 2.41. The molecule has 150 valence electrons. The van der Waals surface area contributed by atoms with E-state index in [9.17, 15) is 18.0 Å². The third-order valence-corrected chi connectivity index (χ3v) is 6.32. The molecule has 0 atom stereocenters. The van der Waals surface area contributed by atoms with Gasteiger partial charge in [-0.05, 0) is 56.3 Å². The number of amides is 1. The molecular weight excluding hydrogens is 339 g/mol. The van der Waals surface area contributed by atoms with Gasteiger partial charge in [0.25, 0.3) is 0 Å². The van der Waals surface area contributed by atoms with Gasteiger partial charge in [0.2, 0.25) is 5.91 Å². The van der Waals surface area contributed by atoms with E-state index in [1.165, 1.54) is 51.4 Å². The molecular formula is C21H34F3NO. The Labute approximate surface area is 156 Å². The molecule has 2 saturated carbocycles. The van der Waals surface area contributed by atoms with Gasteiger partial charge in [-0.15, -0.1) is 0 Å². The van der Waals surface area contributed by atoms with Crippen molar-refractivity contribution in [3.05, 3.63) is 12.2 Å². The van der Waals surface area contributed by atoms with Crippen molar-refractivity contribution in [2.24, 2.45) is 17.8 Å². The lowest BCUT2D eigenvalue weighted by molar-refractivity contribution is -0.118. The number of allylic oxidation sites excluding steroid dienone is 1. The second-order valence-electron chi connectivity index (χ2n) is 8.27. The molecule has 2 rings (SSSR count). The molecule has 2 aliphatic carbocycles. The van der Waals surface area contributed by atoms with E-state index in [-0.39, 0.29) is 12.1 Å². The van der Waals surface area contributed by atoms with Crippen LogP contribution in [0.25, 0.3) is 0 Å². The third kappa shape index (κ3) is 7.71. The Bertz CT molecular complexity index is 445. The first-order valence-corrected chi connectivity index (χ1v) is 10.4. The van der Waals surface area contributed by atoms with E-state index in [0.29, 0.717) is 6.08 Å². The van der Waals surface area contributed by atoms with Gasteiger partial charge in [0, 0.05) is 18.2 Å². The van der Waals surface area contributed by atoms with Crippen LogP contribution in [0.3, 0.4) is 0 Å². The average molecular weight is 374 g/mol. The minimum absolute atomic E-state index is 0.00687. The number of carbonyl (C=O) groups is 1. The topological polar surface area (TPSA) is 29.1 Å². The van der Waals surface area contributed by atoms with Crippen LogP contribution in [-0.2, 0) is 4.79 Å². The van der Waals surface area contributed by atoms with E-state index in [1.807, 2.05) is 0 Å². The maximum atomic E-state index is 12.1. The molecule has 2 nitrogen and oxygen atoms in total. The van der Waals surface area contributed by atoms with Gasteiger partial charge in [-0.2, -0.15) is 13.2 Å². The summed E-state index contributed by atoms with van der Waals surface area (Å²) in [4.78, 5) is 11.6. The minimum Gasteiger partial charge on any atom is -0.350 e. The van der Waals surface area contributed by atoms with Crippen molar-refractivity contribution in [2.45, 2.75) is 96.2 Å². The molecule has 1 N–H and O–H groups in total. The maximum Gasteiger partial charge on any atom is 0.409 e. The molecule has 0 bridgehead atoms. The fourth-order valence-corrected chi connectivity index (χ4v) is 4.79. The zero-order chi connectivity index (χ0) is 19.0. The quantitative estimate of drug-likeness (QED) is 0.420. The number of halogens is 3. The van der Waals surface area contributed by atoms with Gasteiger partial charge >= 0.3 is 6.18 Å². The van der Waals surface area contributed by atoms with Gasteiger partial charge < -0.3 is 5.32 Å². The Morgan fingerprint density at radius 2 is 1.54 bits per heavy atom. The lowest BCUT2D eigenvalue weighted by Crippen LogP contribution is -2.38. The number of carbonyl (C=O) groups excluding carboxylic acids is 1. The summed E-state index contributed by atoms with van der Waals surface area (Å²) in [6, 6.07) is 0.0296. The lowest BCUT2D eigenvalue weighted by atomic mass is 9.69. The Hall–Kier alpha value is -1.00. The van der Waals surface area contributed by atoms with Gasteiger partial charge in [-0.1, -0.05) is 45.4 Å². The lowest BCUT2D eigenvalue weighted by Gasteiger charge is -2.38. The van der Waals surface area contributed by atoms with Crippen molar-refractivity contribution in [1.82, 2.24) is 5.32 Å². The first-order chi connectivity index (χ1) is 12.4. The standard InChI is InChI=1S/C21H34F3NO/c1-2-3-4-5-16-6-8-17(9-7-16)18-10-12-19(13-11-18)25-20(26)14-15-21(22,23)24/h14-19H,2-13H2,1H3,(H,25,26)/b15-14+. The summed E-state index contributed by atoms with van der Waals surface area (Å²) in [7, 11) is 0. The van der Waals surface area contributed by atoms with Gasteiger partial charge in [-0.25, -0.2) is 0 Å². The van der Waals surface area contributed by atoms with Gasteiger partial charge in [-0.3, -0.25) is 4.79 Å². The van der Waals surface area contributed by atoms with Crippen LogP contribution < -0.4 is 5.32 Å². The number of rotatable bonds is 7. The number of nitrogens with one attached hydrogen (secondary N) is 1. The van der Waals surface area contributed by atoms with E-state index >= 15 is 0 Å². The number of hydrogen-bond donors (Lipinski definition) is 1. The molecule has 0 aromatic heterocycles. The van der Waals surface area contributed by atoms with Crippen LogP contribution in [0, 0.1) is 17.8 Å². The van der Waals surface area contributed by atoms with Gasteiger partial charge in [0.05, 0.1) is 0 Å². The smallest absolute Gasteiger partial charge is 0.350 e. The molecule has 0 heterocycles. The first kappa shape index (κ1) is 21.3. The Morgan fingerprint density at radius 1 is 0.962 bits per heavy atom. The van der Waals surface area contributed by atoms with Crippen molar-refractivity contribution in [3.8, 4) is 0 Å². The van der Waals surface area contributed by atoms with Crippen molar-refractivity contribution in [1.29, 1.82) is 0 Å². The summed E-state index contributed by atoms with van der Waals surface area (Å²) in [5.41, 5.74) is 0. The van der Waals surface area contributed by atoms with Crippen LogP contribution in [0.2, 0.25) is 0 Å². The van der Waals surface area contributed by atoms with E-state index in [4.69, 9.17) is 0 Å². The van der Waals surface area contributed by atoms with Crippen molar-refractivity contribution in [3.63, 3.8) is 0 Å². The van der Waals surface area contributed by atoms with Crippen LogP contribution in [0.5, 0.6) is 0 Å². The second kappa shape index (κ2) is 10.4. The molecule has 0 aliphatic heterocycles. The second-order valence-corrected chi connectivity index (χ2v) is 8.27. The Balaban J connectivity index is 1.64. The highest BCUT2D eigenvalue weighted by molar-refractivity contribution is 5.87. The molecule has 26 heavy (non-hydrogen) atoms. The summed E-state index contributed by atoms with van der Waals surface area (Å²) in [5.74, 6) is 1.86. The minimum atomic E-state index is -4.43. The normalized spacial score (nSPS) is 30.5. The van der Waals surface area contributed by atoms with Crippen molar-refractivity contribution >= 4 is 5.91 Å². The predicted octanol–water partition coefficient (Wildman–Crippen LogP) is 6.17. The fourth-order valence-electron chi connectivity index (χ4n) is 4.79. The largest absolute Gasteiger partial charge is 0.409 e. The third-order valence-electron chi connectivity index (χ3n) is 6.32. The molecule has 0 unspecified atom stereocenters. The maximum absolute atomic E-state index is 12.1. The molecule has 2 fully saturated rings. The highest BCUT2D eigenvalue weighted by atomic mass is 19.4. The predicted molar refractivity (Wildman–Crippen MR) is 98.7 cm³/mol. The molecule has 5 heteroatoms. The Morgan fingerprint density at radius 3 is 2.08 bits per heavy atom. The van der Waals surface area contributed by atoms with Crippen LogP contribution in [0.15, 0.2) is 12.2 Å². The summed E-state index contributed by atoms with van der Waals surface area (Å²) < 4.78 is 36.3. The molecule has 0 aromatic rings. The van der Waals surface area contributed by atoms with E-state index in [2.05, 4.69) is 12.2 Å². The van der Waals surface area contributed by atoms with Crippen LogP contribution >= 0.6 is 0 Å². The number of hydrogen-bond acceptors (Lipinski definition) is 1. The average Bonchev–Trinajstić information content (AvgIpc) is 2.61. The fraction of sp³-hybridized carbons (Fsp3) is 0.857. The first-order valence-electron chi connectivity index (χ1n) is 10.4. The summed E-state index contributed by atoms with van der Waals surface area (Å²) in [6.45, 7) is 2.25. The summed E-state index contributed by atoms with van der Waals surface area (Å²) >= 11 is 0. The number of alkyl halides is 3. The molecule has 2 aliphatic rings. The van der Waals surface area contributed by atoms with Gasteiger partial charge in [0.15, 0.2) is 0 Å². The van der Waals surface area contributed by atoms with Crippen molar-refractivity contribution < 1.29 is 18.0 Å². The summed E-state index contributed by atoms with van der Waals surface area (Å²) in [5, 5.41) is 2.72. The van der Waals surface area contributed by atoms with E-state index < -0.39 is 12.1 Å². The molecule has 0 aromatic carbocycles. The highest BCUT2D eigenvalue weighted by Gasteiger charge is 2.31. The zero-order valence-corrected chi connectivity index (χ0v) is 16.0. The van der Waals surface area contributed by atoms with Crippen molar-refractivity contribution in [2.75, 3.05) is 0 Å². The zero-order valence-electron chi connectivity index (χ0n) is 16.0. The molecule has 0 radical (unpaired) electrons. The van der Waals surface area contributed by atoms with Gasteiger partial charge in [0.1, 0.15) is 0 Å². The monoisotopic (exact) mass is 373 g/mol. The SMILES string of the molecule is CCCCCC1CCC(C2CCC(NC(=O)/C=C/C(F)(F)F)CC2)CC1. The van der Waals surface area contributed by atoms with E-state index in [1.54, 1.807) is 0 Å². The Kier molecular flexibility index (Phi) is 8.49. The molecule has 0 saturated heterocycles. The van der Waals surface area contributed by atoms with Crippen LogP contribution in [-0.4, -0.2) is 18.1 Å². The molecule has 1 amide bonds. The summed E-state index contributed by atoms with van der Waals surface area (Å²) in [6.07, 6.45) is 11.0. The number of unbranched alkanes of at least 4 members (excludes halogenated alkanes) is 2. The molecule has 0 spiro atoms.